The van der Waals surface area contributed by atoms with Crippen LogP contribution in [-0.4, -0.2) is 0 Å². The lowest BCUT2D eigenvalue weighted by Gasteiger charge is -2.02. The third-order valence-electron chi connectivity index (χ3n) is 4.39. The zero-order chi connectivity index (χ0) is 15.9. The van der Waals surface area contributed by atoms with Crippen LogP contribution in [0.25, 0.3) is 0 Å². The Labute approximate surface area is 137 Å². The molecular formula is C20H35FN+. The third kappa shape index (κ3) is 9.92. The van der Waals surface area contributed by atoms with Crippen molar-refractivity contribution in [1.82, 2.24) is 0 Å². The minimum absolute atomic E-state index is 0.124. The second-order valence-electron chi connectivity index (χ2n) is 6.46. The molecule has 0 aliphatic carbocycles. The van der Waals surface area contributed by atoms with E-state index < -0.39 is 0 Å². The molecule has 0 radical (unpaired) electrons. The molecule has 22 heavy (non-hydrogen) atoms. The van der Waals surface area contributed by atoms with Gasteiger partial charge in [-0.1, -0.05) is 77.6 Å². The van der Waals surface area contributed by atoms with Gasteiger partial charge in [-0.3, -0.25) is 0 Å². The highest BCUT2D eigenvalue weighted by Gasteiger charge is 2.06. The Morgan fingerprint density at radius 2 is 1.23 bits per heavy atom. The van der Waals surface area contributed by atoms with Crippen molar-refractivity contribution >= 4 is 0 Å². The molecule has 0 spiro atoms. The Morgan fingerprint density at radius 3 is 1.73 bits per heavy atom. The summed E-state index contributed by atoms with van der Waals surface area (Å²) in [6.07, 6.45) is 19.4. The number of unbranched alkanes of at least 4 members (excludes halogenated alkanes) is 12. The molecule has 0 bridgehead atoms. The highest BCUT2D eigenvalue weighted by Crippen LogP contribution is 2.12. The van der Waals surface area contributed by atoms with Gasteiger partial charge >= 0.3 is 5.95 Å². The molecule has 2 heteroatoms. The van der Waals surface area contributed by atoms with Crippen LogP contribution in [0.1, 0.15) is 90.4 Å². The summed E-state index contributed by atoms with van der Waals surface area (Å²) in [5.74, 6) is -0.124. The Hall–Kier alpha value is -0.920. The van der Waals surface area contributed by atoms with Crippen molar-refractivity contribution < 1.29 is 8.96 Å². The van der Waals surface area contributed by atoms with Gasteiger partial charge in [-0.25, -0.2) is 0 Å². The van der Waals surface area contributed by atoms with Gasteiger partial charge in [0.2, 0.25) is 0 Å². The zero-order valence-electron chi connectivity index (χ0n) is 14.5. The summed E-state index contributed by atoms with van der Waals surface area (Å²) in [5, 5.41) is 0. The molecule has 0 saturated carbocycles. The van der Waals surface area contributed by atoms with Crippen LogP contribution in [0, 0.1) is 5.95 Å². The summed E-state index contributed by atoms with van der Waals surface area (Å²) in [5.41, 5.74) is 0. The van der Waals surface area contributed by atoms with Crippen LogP contribution in [0.15, 0.2) is 24.4 Å². The minimum Gasteiger partial charge on any atom is -0.174 e. The highest BCUT2D eigenvalue weighted by molar-refractivity contribution is 4.85. The monoisotopic (exact) mass is 308 g/mol. The van der Waals surface area contributed by atoms with E-state index in [-0.39, 0.29) is 5.95 Å². The molecule has 1 aromatic rings. The van der Waals surface area contributed by atoms with Gasteiger partial charge in [0.1, 0.15) is 0 Å². The van der Waals surface area contributed by atoms with E-state index in [2.05, 4.69) is 6.92 Å². The van der Waals surface area contributed by atoms with Crippen LogP contribution in [0.2, 0.25) is 0 Å². The maximum atomic E-state index is 13.4. The quantitative estimate of drug-likeness (QED) is 0.219. The van der Waals surface area contributed by atoms with E-state index in [0.29, 0.717) is 0 Å². The van der Waals surface area contributed by atoms with Gasteiger partial charge in [-0.05, 0) is 12.5 Å². The van der Waals surface area contributed by atoms with E-state index in [9.17, 15) is 4.39 Å². The first-order chi connectivity index (χ1) is 10.8. The fourth-order valence-electron chi connectivity index (χ4n) is 2.94. The summed E-state index contributed by atoms with van der Waals surface area (Å²) < 4.78 is 15.1. The SMILES string of the molecule is CCCCCCCCCCCCCCC[n+]1ccccc1F. The van der Waals surface area contributed by atoms with Gasteiger partial charge < -0.3 is 0 Å². The van der Waals surface area contributed by atoms with E-state index in [0.717, 1.165) is 13.0 Å². The summed E-state index contributed by atoms with van der Waals surface area (Å²) >= 11 is 0. The Bertz CT molecular complexity index is 364. The standard InChI is InChI=1S/C20H35FN/c1-2-3-4-5-6-7-8-9-10-11-12-13-15-18-22-19-16-14-17-20(22)21/h14,16-17,19H,2-13,15,18H2,1H3/q+1. The lowest BCUT2D eigenvalue weighted by molar-refractivity contribution is -0.724. The highest BCUT2D eigenvalue weighted by atomic mass is 19.1. The molecule has 0 atom stereocenters. The average molecular weight is 309 g/mol. The number of hydrogen-bond acceptors (Lipinski definition) is 0. The van der Waals surface area contributed by atoms with Crippen LogP contribution in [-0.2, 0) is 6.54 Å². The summed E-state index contributed by atoms with van der Waals surface area (Å²) in [6, 6.07) is 5.17. The van der Waals surface area contributed by atoms with Gasteiger partial charge in [0.25, 0.3) is 0 Å². The van der Waals surface area contributed by atoms with E-state index in [4.69, 9.17) is 0 Å². The predicted octanol–water partition coefficient (Wildman–Crippen LogP) is 6.20. The Morgan fingerprint density at radius 1 is 0.727 bits per heavy atom. The molecule has 0 fully saturated rings. The third-order valence-corrected chi connectivity index (χ3v) is 4.39. The van der Waals surface area contributed by atoms with Crippen molar-refractivity contribution in [3.8, 4) is 0 Å². The van der Waals surface area contributed by atoms with Crippen molar-refractivity contribution in [2.45, 2.75) is 96.9 Å². The molecule has 1 nitrogen and oxygen atoms in total. The molecule has 1 heterocycles. The van der Waals surface area contributed by atoms with Crippen LogP contribution in [0.3, 0.4) is 0 Å². The lowest BCUT2D eigenvalue weighted by atomic mass is 10.0. The van der Waals surface area contributed by atoms with Crippen LogP contribution >= 0.6 is 0 Å². The van der Waals surface area contributed by atoms with Crippen molar-refractivity contribution in [3.05, 3.63) is 30.3 Å². The van der Waals surface area contributed by atoms with Crippen LogP contribution in [0.5, 0.6) is 0 Å². The van der Waals surface area contributed by atoms with E-state index in [1.54, 1.807) is 10.6 Å². The summed E-state index contributed by atoms with van der Waals surface area (Å²) in [7, 11) is 0. The average Bonchev–Trinajstić information content (AvgIpc) is 2.53. The maximum Gasteiger partial charge on any atom is 0.359 e. The van der Waals surface area contributed by atoms with Crippen LogP contribution in [0.4, 0.5) is 4.39 Å². The number of rotatable bonds is 14. The molecular weight excluding hydrogens is 273 g/mol. The lowest BCUT2D eigenvalue weighted by Crippen LogP contribution is -2.37. The molecule has 0 aromatic carbocycles. The zero-order valence-corrected chi connectivity index (χ0v) is 14.5. The molecule has 0 aliphatic heterocycles. The van der Waals surface area contributed by atoms with Crippen molar-refractivity contribution in [3.63, 3.8) is 0 Å². The van der Waals surface area contributed by atoms with Gasteiger partial charge in [-0.2, -0.15) is 4.57 Å². The van der Waals surface area contributed by atoms with Gasteiger partial charge in [0.05, 0.1) is 0 Å². The Kier molecular flexibility index (Phi) is 11.9. The molecule has 1 aromatic heterocycles. The molecule has 0 unspecified atom stereocenters. The summed E-state index contributed by atoms with van der Waals surface area (Å²) in [6.45, 7) is 3.08. The van der Waals surface area contributed by atoms with Gasteiger partial charge in [0, 0.05) is 18.6 Å². The molecule has 1 rings (SSSR count). The summed E-state index contributed by atoms with van der Waals surface area (Å²) in [4.78, 5) is 0. The van der Waals surface area contributed by atoms with E-state index in [1.165, 1.54) is 83.1 Å². The second kappa shape index (κ2) is 13.7. The van der Waals surface area contributed by atoms with Crippen molar-refractivity contribution in [2.24, 2.45) is 0 Å². The molecule has 0 N–H and O–H groups in total. The normalized spacial score (nSPS) is 11.0. The van der Waals surface area contributed by atoms with E-state index in [1.807, 2.05) is 12.3 Å². The number of aromatic nitrogens is 1. The number of pyridine rings is 1. The van der Waals surface area contributed by atoms with Gasteiger partial charge in [-0.15, -0.1) is 4.39 Å². The second-order valence-corrected chi connectivity index (χ2v) is 6.46. The minimum atomic E-state index is -0.124. The molecule has 0 amide bonds. The fourth-order valence-corrected chi connectivity index (χ4v) is 2.94. The number of nitrogens with zero attached hydrogens (tertiary/aromatic N) is 1. The van der Waals surface area contributed by atoms with E-state index >= 15 is 0 Å². The first-order valence-electron chi connectivity index (χ1n) is 9.48. The fraction of sp³-hybridized carbons (Fsp3) is 0.750. The topological polar surface area (TPSA) is 3.88 Å². The van der Waals surface area contributed by atoms with Crippen molar-refractivity contribution in [2.75, 3.05) is 0 Å². The van der Waals surface area contributed by atoms with Crippen LogP contribution < -0.4 is 4.57 Å². The largest absolute Gasteiger partial charge is 0.359 e. The molecule has 126 valence electrons. The van der Waals surface area contributed by atoms with Gasteiger partial charge in [0.15, 0.2) is 12.7 Å². The maximum absolute atomic E-state index is 13.4. The molecule has 0 aliphatic rings. The number of hydrogen-bond donors (Lipinski definition) is 0. The molecule has 0 saturated heterocycles. The number of aryl methyl sites for hydroxylation is 1. The van der Waals surface area contributed by atoms with Crippen molar-refractivity contribution in [1.29, 1.82) is 0 Å². The smallest absolute Gasteiger partial charge is 0.174 e. The first-order valence-corrected chi connectivity index (χ1v) is 9.48. The first kappa shape index (κ1) is 19.1. The number of halogens is 1. The Balaban J connectivity index is 1.81. The predicted molar refractivity (Wildman–Crippen MR) is 92.3 cm³/mol.